The van der Waals surface area contributed by atoms with E-state index < -0.39 is 0 Å². The van der Waals surface area contributed by atoms with Crippen molar-refractivity contribution in [2.24, 2.45) is 7.05 Å². The van der Waals surface area contributed by atoms with Gasteiger partial charge in [0.15, 0.2) is 4.34 Å². The Bertz CT molecular complexity index is 771. The fourth-order valence-corrected chi connectivity index (χ4v) is 3.72. The van der Waals surface area contributed by atoms with Crippen LogP contribution in [0.4, 0.5) is 10.8 Å². The molecule has 8 heteroatoms. The van der Waals surface area contributed by atoms with E-state index in [4.69, 9.17) is 4.74 Å². The molecule has 3 rings (SSSR count). The Morgan fingerprint density at radius 2 is 2.17 bits per heavy atom. The second-order valence-electron chi connectivity index (χ2n) is 4.67. The zero-order valence-corrected chi connectivity index (χ0v) is 14.5. The average molecular weight is 347 g/mol. The minimum atomic E-state index is 0.625. The quantitative estimate of drug-likeness (QED) is 0.657. The summed E-state index contributed by atoms with van der Waals surface area (Å²) < 4.78 is 8.52. The minimum Gasteiger partial charge on any atom is -0.492 e. The van der Waals surface area contributed by atoms with Crippen molar-refractivity contribution in [1.29, 1.82) is 0 Å². The van der Waals surface area contributed by atoms with Gasteiger partial charge in [-0.1, -0.05) is 35.2 Å². The summed E-state index contributed by atoms with van der Waals surface area (Å²) in [6.07, 6.45) is 3.74. The molecular formula is C15H17N5OS2. The second-order valence-corrected chi connectivity index (χ2v) is 6.87. The standard InChI is InChI=1S/C15H17N5OS2/c1-3-21-12-7-5-4-6-11(12)17-14-18-19-15(23-14)22-10-13-16-8-9-20(13)2/h4-9H,3,10H2,1-2H3,(H,17,18). The van der Waals surface area contributed by atoms with Crippen molar-refractivity contribution < 1.29 is 4.74 Å². The molecule has 0 aliphatic carbocycles. The molecule has 6 nitrogen and oxygen atoms in total. The van der Waals surface area contributed by atoms with E-state index in [9.17, 15) is 0 Å². The minimum absolute atomic E-state index is 0.625. The summed E-state index contributed by atoms with van der Waals surface area (Å²) in [5, 5.41) is 12.4. The van der Waals surface area contributed by atoms with Crippen molar-refractivity contribution in [3.63, 3.8) is 0 Å². The first-order valence-electron chi connectivity index (χ1n) is 7.17. The molecule has 0 fully saturated rings. The molecule has 0 aliphatic rings. The van der Waals surface area contributed by atoms with Crippen molar-refractivity contribution in [3.8, 4) is 5.75 Å². The number of benzene rings is 1. The molecule has 3 aromatic rings. The van der Waals surface area contributed by atoms with Gasteiger partial charge < -0.3 is 14.6 Å². The van der Waals surface area contributed by atoms with E-state index in [-0.39, 0.29) is 0 Å². The maximum Gasteiger partial charge on any atom is 0.210 e. The number of ether oxygens (including phenoxy) is 1. The van der Waals surface area contributed by atoms with Crippen LogP contribution in [0.2, 0.25) is 0 Å². The third-order valence-electron chi connectivity index (χ3n) is 3.08. The molecule has 0 bridgehead atoms. The maximum atomic E-state index is 5.60. The smallest absolute Gasteiger partial charge is 0.210 e. The van der Waals surface area contributed by atoms with E-state index in [1.807, 2.05) is 49.0 Å². The highest BCUT2D eigenvalue weighted by molar-refractivity contribution is 8.00. The normalized spacial score (nSPS) is 10.7. The van der Waals surface area contributed by atoms with E-state index in [2.05, 4.69) is 20.5 Å². The maximum absolute atomic E-state index is 5.60. The summed E-state index contributed by atoms with van der Waals surface area (Å²) in [6, 6.07) is 7.81. The second kappa shape index (κ2) is 7.47. The Balaban J connectivity index is 1.64. The molecule has 1 N–H and O–H groups in total. The summed E-state index contributed by atoms with van der Waals surface area (Å²) in [5.41, 5.74) is 0.895. The Kier molecular flexibility index (Phi) is 5.14. The summed E-state index contributed by atoms with van der Waals surface area (Å²) in [5.74, 6) is 2.60. The lowest BCUT2D eigenvalue weighted by Gasteiger charge is -2.09. The van der Waals surface area contributed by atoms with Crippen LogP contribution in [-0.2, 0) is 12.8 Å². The molecule has 0 unspecified atom stereocenters. The number of nitrogens with zero attached hydrogens (tertiary/aromatic N) is 4. The molecule has 0 atom stereocenters. The van der Waals surface area contributed by atoms with Gasteiger partial charge in [0.05, 0.1) is 18.0 Å². The van der Waals surface area contributed by atoms with Gasteiger partial charge in [-0.3, -0.25) is 0 Å². The van der Waals surface area contributed by atoms with Gasteiger partial charge in [-0.2, -0.15) is 0 Å². The highest BCUT2D eigenvalue weighted by Crippen LogP contribution is 2.32. The highest BCUT2D eigenvalue weighted by atomic mass is 32.2. The van der Waals surface area contributed by atoms with Crippen LogP contribution in [0.5, 0.6) is 5.75 Å². The third kappa shape index (κ3) is 4.02. The van der Waals surface area contributed by atoms with Crippen LogP contribution in [0.1, 0.15) is 12.7 Å². The van der Waals surface area contributed by atoms with Crippen molar-refractivity contribution in [3.05, 3.63) is 42.5 Å². The van der Waals surface area contributed by atoms with Crippen molar-refractivity contribution >= 4 is 33.9 Å². The van der Waals surface area contributed by atoms with Crippen LogP contribution < -0.4 is 10.1 Å². The van der Waals surface area contributed by atoms with Gasteiger partial charge in [0.1, 0.15) is 11.6 Å². The third-order valence-corrected chi connectivity index (χ3v) is 5.05. The van der Waals surface area contributed by atoms with E-state index in [1.54, 1.807) is 18.0 Å². The number of anilines is 2. The van der Waals surface area contributed by atoms with Crippen LogP contribution in [-0.4, -0.2) is 26.4 Å². The number of aryl methyl sites for hydroxylation is 1. The molecule has 2 heterocycles. The van der Waals surface area contributed by atoms with Crippen molar-refractivity contribution in [2.75, 3.05) is 11.9 Å². The van der Waals surface area contributed by atoms with Gasteiger partial charge >= 0.3 is 0 Å². The fourth-order valence-electron chi connectivity index (χ4n) is 1.95. The van der Waals surface area contributed by atoms with Crippen LogP contribution in [0.15, 0.2) is 41.0 Å². The SMILES string of the molecule is CCOc1ccccc1Nc1nnc(SCc2nccn2C)s1. The predicted octanol–water partition coefficient (Wildman–Crippen LogP) is 3.71. The van der Waals surface area contributed by atoms with Crippen molar-refractivity contribution in [1.82, 2.24) is 19.7 Å². The van der Waals surface area contributed by atoms with Gasteiger partial charge in [0.25, 0.3) is 0 Å². The lowest BCUT2D eigenvalue weighted by Crippen LogP contribution is -1.97. The fraction of sp³-hybridized carbons (Fsp3) is 0.267. The van der Waals surface area contributed by atoms with Gasteiger partial charge in [-0.05, 0) is 19.1 Å². The van der Waals surface area contributed by atoms with Crippen molar-refractivity contribution in [2.45, 2.75) is 17.0 Å². The molecule has 0 amide bonds. The Morgan fingerprint density at radius 3 is 2.96 bits per heavy atom. The largest absolute Gasteiger partial charge is 0.492 e. The average Bonchev–Trinajstić information content (AvgIpc) is 3.16. The lowest BCUT2D eigenvalue weighted by molar-refractivity contribution is 0.342. The van der Waals surface area contributed by atoms with E-state index >= 15 is 0 Å². The van der Waals surface area contributed by atoms with E-state index in [0.29, 0.717) is 6.61 Å². The molecule has 0 saturated heterocycles. The molecule has 0 spiro atoms. The monoisotopic (exact) mass is 347 g/mol. The number of rotatable bonds is 7. The topological polar surface area (TPSA) is 64.9 Å². The van der Waals surface area contributed by atoms with Gasteiger partial charge in [-0.25, -0.2) is 4.98 Å². The molecule has 0 radical (unpaired) electrons. The number of para-hydroxylation sites is 2. The summed E-state index contributed by atoms with van der Waals surface area (Å²) in [6.45, 7) is 2.59. The Hall–Kier alpha value is -2.06. The number of aromatic nitrogens is 4. The molecule has 120 valence electrons. The van der Waals surface area contributed by atoms with E-state index in [1.165, 1.54) is 11.3 Å². The van der Waals surface area contributed by atoms with Crippen LogP contribution >= 0.6 is 23.1 Å². The number of hydrogen-bond acceptors (Lipinski definition) is 7. The first-order chi connectivity index (χ1) is 11.3. The predicted molar refractivity (Wildman–Crippen MR) is 93.6 cm³/mol. The van der Waals surface area contributed by atoms with Gasteiger partial charge in [-0.15, -0.1) is 10.2 Å². The molecule has 23 heavy (non-hydrogen) atoms. The first kappa shape index (κ1) is 15.8. The number of hydrogen-bond donors (Lipinski definition) is 1. The molecule has 1 aromatic carbocycles. The number of imidazole rings is 1. The zero-order valence-electron chi connectivity index (χ0n) is 12.9. The summed E-state index contributed by atoms with van der Waals surface area (Å²) >= 11 is 3.15. The molecule has 0 aliphatic heterocycles. The Morgan fingerprint density at radius 1 is 1.30 bits per heavy atom. The summed E-state index contributed by atoms with van der Waals surface area (Å²) in [4.78, 5) is 4.30. The summed E-state index contributed by atoms with van der Waals surface area (Å²) in [7, 11) is 1.99. The van der Waals surface area contributed by atoms with Crippen LogP contribution in [0.25, 0.3) is 0 Å². The van der Waals surface area contributed by atoms with Gasteiger partial charge in [0.2, 0.25) is 5.13 Å². The van der Waals surface area contributed by atoms with Crippen LogP contribution in [0.3, 0.4) is 0 Å². The molecular weight excluding hydrogens is 330 g/mol. The lowest BCUT2D eigenvalue weighted by atomic mass is 10.3. The first-order valence-corrected chi connectivity index (χ1v) is 8.98. The molecule has 0 saturated carbocycles. The number of thioether (sulfide) groups is 1. The zero-order chi connectivity index (χ0) is 16.1. The molecule has 2 aromatic heterocycles. The number of nitrogens with one attached hydrogen (secondary N) is 1. The van der Waals surface area contributed by atoms with Crippen LogP contribution in [0, 0.1) is 0 Å². The van der Waals surface area contributed by atoms with Gasteiger partial charge in [0, 0.05) is 19.4 Å². The highest BCUT2D eigenvalue weighted by Gasteiger charge is 2.09. The van der Waals surface area contributed by atoms with E-state index in [0.717, 1.165) is 32.5 Å². The Labute approximate surface area is 142 Å².